The summed E-state index contributed by atoms with van der Waals surface area (Å²) in [5.74, 6) is -3.51. The van der Waals surface area contributed by atoms with Gasteiger partial charge in [-0.1, -0.05) is 18.2 Å². The van der Waals surface area contributed by atoms with E-state index < -0.39 is 54.0 Å². The molecule has 13 heteroatoms. The molecule has 37 heavy (non-hydrogen) atoms. The molecule has 0 fully saturated rings. The van der Waals surface area contributed by atoms with Crippen molar-refractivity contribution in [2.24, 2.45) is 5.73 Å². The Kier molecular flexibility index (Phi) is 8.98. The van der Waals surface area contributed by atoms with E-state index in [1.165, 1.54) is 26.4 Å². The summed E-state index contributed by atoms with van der Waals surface area (Å²) in [6, 6.07) is 2.72. The molecule has 1 aromatic carbocycles. The maximum atomic E-state index is 12.8. The zero-order chi connectivity index (χ0) is 27.1. The Morgan fingerprint density at radius 3 is 2.38 bits per heavy atom. The number of amides is 3. The van der Waals surface area contributed by atoms with Gasteiger partial charge in [-0.25, -0.2) is 9.78 Å². The number of aliphatic carboxylic acids is 1. The smallest absolute Gasteiger partial charge is 0.326 e. The van der Waals surface area contributed by atoms with Crippen molar-refractivity contribution in [3.63, 3.8) is 0 Å². The lowest BCUT2D eigenvalue weighted by molar-refractivity contribution is -0.142. The summed E-state index contributed by atoms with van der Waals surface area (Å²) < 4.78 is 0. The van der Waals surface area contributed by atoms with Gasteiger partial charge in [-0.05, 0) is 31.9 Å². The summed E-state index contributed by atoms with van der Waals surface area (Å²) >= 11 is 0. The number of carbonyl (C=O) groups is 4. The van der Waals surface area contributed by atoms with E-state index in [0.29, 0.717) is 5.69 Å². The van der Waals surface area contributed by atoms with Gasteiger partial charge >= 0.3 is 5.97 Å². The molecule has 0 aliphatic rings. The summed E-state index contributed by atoms with van der Waals surface area (Å²) in [6.07, 6.45) is 3.43. The molecule has 9 N–H and O–H groups in total. The highest BCUT2D eigenvalue weighted by molar-refractivity contribution is 5.94. The number of rotatable bonds is 12. The third-order valence-electron chi connectivity index (χ3n) is 5.86. The van der Waals surface area contributed by atoms with E-state index in [4.69, 9.17) is 5.73 Å². The number of aromatic nitrogens is 3. The Morgan fingerprint density at radius 2 is 1.73 bits per heavy atom. The summed E-state index contributed by atoms with van der Waals surface area (Å²) in [5, 5.41) is 27.6. The van der Waals surface area contributed by atoms with Crippen molar-refractivity contribution in [1.29, 1.82) is 0 Å². The molecule has 0 aliphatic heterocycles. The first-order valence-corrected chi connectivity index (χ1v) is 11.7. The van der Waals surface area contributed by atoms with Gasteiger partial charge in [0.15, 0.2) is 0 Å². The maximum Gasteiger partial charge on any atom is 0.326 e. The van der Waals surface area contributed by atoms with E-state index in [1.807, 2.05) is 24.3 Å². The second kappa shape index (κ2) is 12.1. The number of nitrogens with one attached hydrogen (secondary N) is 5. The number of nitrogens with zero attached hydrogens (tertiary/aromatic N) is 1. The molecule has 13 nitrogen and oxygen atoms in total. The van der Waals surface area contributed by atoms with E-state index in [2.05, 4.69) is 30.9 Å². The van der Waals surface area contributed by atoms with Gasteiger partial charge in [0.05, 0.1) is 18.5 Å². The van der Waals surface area contributed by atoms with Crippen LogP contribution in [0.3, 0.4) is 0 Å². The van der Waals surface area contributed by atoms with E-state index >= 15 is 0 Å². The van der Waals surface area contributed by atoms with Crippen molar-refractivity contribution >= 4 is 34.6 Å². The van der Waals surface area contributed by atoms with Crippen LogP contribution >= 0.6 is 0 Å². The Hall–Kier alpha value is -4.23. The van der Waals surface area contributed by atoms with Gasteiger partial charge in [-0.15, -0.1) is 0 Å². The van der Waals surface area contributed by atoms with Crippen LogP contribution in [-0.2, 0) is 32.0 Å². The number of hydrogen-bond acceptors (Lipinski definition) is 7. The highest BCUT2D eigenvalue weighted by Crippen LogP contribution is 2.18. The number of carbonyl (C=O) groups excluding carboxylic acids is 3. The van der Waals surface area contributed by atoms with E-state index in [1.54, 1.807) is 6.20 Å². The quantitative estimate of drug-likeness (QED) is 0.149. The highest BCUT2D eigenvalue weighted by Gasteiger charge is 2.31. The van der Waals surface area contributed by atoms with Crippen LogP contribution in [0, 0.1) is 0 Å². The number of carboxylic acids is 1. The molecule has 0 aliphatic carbocycles. The highest BCUT2D eigenvalue weighted by atomic mass is 16.4. The normalized spacial score (nSPS) is 15.2. The molecule has 3 aromatic rings. The standard InChI is InChI=1S/C24H31N7O6/c1-12(21(33)30-19(24(36)37)8-15-10-26-11-28-15)29-23(35)20(13(2)32)31-22(34)17(25)7-14-9-27-18-6-4-3-5-16(14)18/h3-6,9-13,17,19-20,27,32H,7-8,25H2,1-2H3,(H,26,28)(H,29,35)(H,30,33)(H,31,34)(H,36,37). The number of aliphatic hydroxyl groups excluding tert-OH is 1. The predicted octanol–water partition coefficient (Wildman–Crippen LogP) is -1.06. The van der Waals surface area contributed by atoms with Gasteiger partial charge in [0.2, 0.25) is 17.7 Å². The van der Waals surface area contributed by atoms with Crippen molar-refractivity contribution in [3.8, 4) is 0 Å². The zero-order valence-electron chi connectivity index (χ0n) is 20.4. The summed E-state index contributed by atoms with van der Waals surface area (Å²) in [7, 11) is 0. The molecule has 3 rings (SSSR count). The van der Waals surface area contributed by atoms with Crippen LogP contribution in [-0.4, -0.2) is 79.1 Å². The molecular formula is C24H31N7O6. The van der Waals surface area contributed by atoms with Crippen molar-refractivity contribution in [3.05, 3.63) is 54.2 Å². The predicted molar refractivity (Wildman–Crippen MR) is 133 cm³/mol. The number of para-hydroxylation sites is 1. The number of aromatic amines is 2. The lowest BCUT2D eigenvalue weighted by Gasteiger charge is -2.25. The molecule has 5 unspecified atom stereocenters. The minimum Gasteiger partial charge on any atom is -0.480 e. The fraction of sp³-hybridized carbons (Fsp3) is 0.375. The summed E-state index contributed by atoms with van der Waals surface area (Å²) in [5.41, 5.74) is 8.30. The average Bonchev–Trinajstić information content (AvgIpc) is 3.51. The van der Waals surface area contributed by atoms with E-state index in [9.17, 15) is 29.4 Å². The second-order valence-corrected chi connectivity index (χ2v) is 8.81. The molecule has 2 heterocycles. The Morgan fingerprint density at radius 1 is 1.00 bits per heavy atom. The fourth-order valence-electron chi connectivity index (χ4n) is 3.78. The monoisotopic (exact) mass is 513 g/mol. The Bertz CT molecular complexity index is 1240. The first-order chi connectivity index (χ1) is 17.6. The molecule has 2 aromatic heterocycles. The molecule has 198 valence electrons. The average molecular weight is 514 g/mol. The molecule has 0 spiro atoms. The van der Waals surface area contributed by atoms with Crippen LogP contribution < -0.4 is 21.7 Å². The van der Waals surface area contributed by atoms with Crippen molar-refractivity contribution in [1.82, 2.24) is 30.9 Å². The number of H-pyrrole nitrogens is 2. The van der Waals surface area contributed by atoms with E-state index in [0.717, 1.165) is 16.5 Å². The van der Waals surface area contributed by atoms with Gasteiger partial charge in [0, 0.05) is 35.4 Å². The van der Waals surface area contributed by atoms with Crippen LogP contribution in [0.5, 0.6) is 0 Å². The number of aliphatic hydroxyl groups is 1. The van der Waals surface area contributed by atoms with Crippen LogP contribution in [0.2, 0.25) is 0 Å². The summed E-state index contributed by atoms with van der Waals surface area (Å²) in [6.45, 7) is 2.66. The van der Waals surface area contributed by atoms with Crippen LogP contribution in [0.25, 0.3) is 10.9 Å². The van der Waals surface area contributed by atoms with Crippen molar-refractivity contribution < 1.29 is 29.4 Å². The van der Waals surface area contributed by atoms with Gasteiger partial charge in [-0.2, -0.15) is 0 Å². The Labute approximate surface area is 212 Å². The molecular weight excluding hydrogens is 482 g/mol. The van der Waals surface area contributed by atoms with Crippen molar-refractivity contribution in [2.75, 3.05) is 0 Å². The zero-order valence-corrected chi connectivity index (χ0v) is 20.4. The van der Waals surface area contributed by atoms with Crippen LogP contribution in [0.1, 0.15) is 25.1 Å². The molecule has 0 bridgehead atoms. The second-order valence-electron chi connectivity index (χ2n) is 8.81. The fourth-order valence-corrected chi connectivity index (χ4v) is 3.78. The number of fused-ring (bicyclic) bond motifs is 1. The molecule has 5 atom stereocenters. The van der Waals surface area contributed by atoms with Gasteiger partial charge < -0.3 is 41.9 Å². The largest absolute Gasteiger partial charge is 0.480 e. The van der Waals surface area contributed by atoms with E-state index in [-0.39, 0.29) is 12.8 Å². The lowest BCUT2D eigenvalue weighted by atomic mass is 10.0. The van der Waals surface area contributed by atoms with Crippen molar-refractivity contribution in [2.45, 2.75) is 57.0 Å². The topological polar surface area (TPSA) is 215 Å². The van der Waals surface area contributed by atoms with Gasteiger partial charge in [0.25, 0.3) is 0 Å². The molecule has 0 radical (unpaired) electrons. The van der Waals surface area contributed by atoms with Crippen LogP contribution in [0.4, 0.5) is 0 Å². The minimum atomic E-state index is -1.39. The Balaban J connectivity index is 1.57. The lowest BCUT2D eigenvalue weighted by Crippen LogP contribution is -2.59. The number of hydrogen-bond donors (Lipinski definition) is 8. The van der Waals surface area contributed by atoms with Gasteiger partial charge in [0.1, 0.15) is 18.1 Å². The summed E-state index contributed by atoms with van der Waals surface area (Å²) in [4.78, 5) is 59.3. The molecule has 3 amide bonds. The maximum absolute atomic E-state index is 12.8. The third kappa shape index (κ3) is 7.15. The van der Waals surface area contributed by atoms with Gasteiger partial charge in [-0.3, -0.25) is 14.4 Å². The first kappa shape index (κ1) is 27.4. The molecule has 0 saturated carbocycles. The number of nitrogens with two attached hydrogens (primary N) is 1. The molecule has 0 saturated heterocycles. The number of imidazole rings is 1. The van der Waals surface area contributed by atoms with Crippen LogP contribution in [0.15, 0.2) is 43.0 Å². The first-order valence-electron chi connectivity index (χ1n) is 11.7. The minimum absolute atomic E-state index is 0.0393. The number of benzene rings is 1. The third-order valence-corrected chi connectivity index (χ3v) is 5.86. The number of carboxylic acid groups (broad SMARTS) is 1. The SMILES string of the molecule is CC(NC(=O)C(NC(=O)C(N)Cc1c[nH]c2ccccc12)C(C)O)C(=O)NC(Cc1cnc[nH]1)C(=O)O.